The lowest BCUT2D eigenvalue weighted by Gasteiger charge is -2.02. The highest BCUT2D eigenvalue weighted by Gasteiger charge is 1.95. The van der Waals surface area contributed by atoms with Crippen LogP contribution in [0.3, 0.4) is 0 Å². The Balaban J connectivity index is 3.12. The van der Waals surface area contributed by atoms with Crippen LogP contribution in [-0.4, -0.2) is 22.3 Å². The van der Waals surface area contributed by atoms with Gasteiger partial charge in [0.25, 0.3) is 0 Å². The van der Waals surface area contributed by atoms with Crippen LogP contribution in [0.4, 0.5) is 0 Å². The lowest BCUT2D eigenvalue weighted by molar-refractivity contribution is -0.137. The van der Waals surface area contributed by atoms with Crippen molar-refractivity contribution in [3.05, 3.63) is 12.2 Å². The Kier molecular flexibility index (Phi) is 11.1. The van der Waals surface area contributed by atoms with Crippen molar-refractivity contribution in [3.8, 4) is 0 Å². The molecule has 0 heterocycles. The molecule has 0 aromatic rings. The Hall–Kier alpha value is -0.830. The van der Waals surface area contributed by atoms with E-state index in [0.717, 1.165) is 38.5 Å². The number of rotatable bonds is 11. The molecular formula is C14H26O3. The van der Waals surface area contributed by atoms with E-state index < -0.39 is 5.97 Å². The van der Waals surface area contributed by atoms with E-state index in [-0.39, 0.29) is 12.5 Å². The molecule has 0 bridgehead atoms. The molecule has 0 fully saturated rings. The Morgan fingerprint density at radius 2 is 1.65 bits per heavy atom. The van der Waals surface area contributed by atoms with Gasteiger partial charge in [0, 0.05) is 6.42 Å². The smallest absolute Gasteiger partial charge is 0.303 e. The standard InChI is InChI=1S/C14H26O3/c1-13(15)11-9-7-5-3-2-4-6-8-10-12-14(16)17/h2,4,13,15H,3,5-12H2,1H3,(H,16,17)/b4-2-. The summed E-state index contributed by atoms with van der Waals surface area (Å²) in [5, 5.41) is 17.5. The van der Waals surface area contributed by atoms with Gasteiger partial charge in [-0.05, 0) is 45.4 Å². The largest absolute Gasteiger partial charge is 0.481 e. The Morgan fingerprint density at radius 3 is 2.18 bits per heavy atom. The van der Waals surface area contributed by atoms with Crippen molar-refractivity contribution < 1.29 is 15.0 Å². The quantitative estimate of drug-likeness (QED) is 0.430. The zero-order valence-electron chi connectivity index (χ0n) is 10.9. The molecule has 0 spiro atoms. The van der Waals surface area contributed by atoms with Crippen LogP contribution in [0.2, 0.25) is 0 Å². The van der Waals surface area contributed by atoms with Crippen LogP contribution in [-0.2, 0) is 4.79 Å². The highest BCUT2D eigenvalue weighted by Crippen LogP contribution is 2.07. The first kappa shape index (κ1) is 16.2. The molecule has 100 valence electrons. The molecule has 3 heteroatoms. The zero-order chi connectivity index (χ0) is 12.9. The number of aliphatic hydroxyl groups is 1. The Bertz CT molecular complexity index is 210. The van der Waals surface area contributed by atoms with Crippen LogP contribution >= 0.6 is 0 Å². The third-order valence-electron chi connectivity index (χ3n) is 2.67. The third-order valence-corrected chi connectivity index (χ3v) is 2.67. The monoisotopic (exact) mass is 242 g/mol. The van der Waals surface area contributed by atoms with Gasteiger partial charge in [0.15, 0.2) is 0 Å². The average Bonchev–Trinajstić information content (AvgIpc) is 2.25. The zero-order valence-corrected chi connectivity index (χ0v) is 10.9. The maximum atomic E-state index is 10.2. The van der Waals surface area contributed by atoms with Crippen molar-refractivity contribution in [2.45, 2.75) is 70.8 Å². The SMILES string of the molecule is CC(O)CCCCC/C=C\CCCCC(=O)O. The summed E-state index contributed by atoms with van der Waals surface area (Å²) in [5.41, 5.74) is 0. The molecule has 0 aromatic heterocycles. The average molecular weight is 242 g/mol. The molecule has 0 radical (unpaired) electrons. The first-order valence-electron chi connectivity index (χ1n) is 6.67. The van der Waals surface area contributed by atoms with E-state index >= 15 is 0 Å². The fraction of sp³-hybridized carbons (Fsp3) is 0.786. The number of allylic oxidation sites excluding steroid dienone is 2. The van der Waals surface area contributed by atoms with Gasteiger partial charge in [-0.3, -0.25) is 4.79 Å². The normalized spacial score (nSPS) is 13.1. The fourth-order valence-electron chi connectivity index (χ4n) is 1.65. The van der Waals surface area contributed by atoms with E-state index in [1.165, 1.54) is 12.8 Å². The number of carboxylic acid groups (broad SMARTS) is 1. The summed E-state index contributed by atoms with van der Waals surface area (Å²) >= 11 is 0. The van der Waals surface area contributed by atoms with Crippen LogP contribution in [0.1, 0.15) is 64.7 Å². The second-order valence-electron chi connectivity index (χ2n) is 4.60. The molecule has 1 atom stereocenters. The number of hydrogen-bond acceptors (Lipinski definition) is 2. The molecule has 17 heavy (non-hydrogen) atoms. The lowest BCUT2D eigenvalue weighted by atomic mass is 10.1. The number of hydrogen-bond donors (Lipinski definition) is 2. The van der Waals surface area contributed by atoms with Gasteiger partial charge in [-0.25, -0.2) is 0 Å². The van der Waals surface area contributed by atoms with Gasteiger partial charge < -0.3 is 10.2 Å². The number of aliphatic carboxylic acids is 1. The Morgan fingerprint density at radius 1 is 1.06 bits per heavy atom. The molecule has 0 rings (SSSR count). The summed E-state index contributed by atoms with van der Waals surface area (Å²) in [6, 6.07) is 0. The number of unbranched alkanes of at least 4 members (excludes halogenated alkanes) is 5. The van der Waals surface area contributed by atoms with Crippen LogP contribution in [0, 0.1) is 0 Å². The maximum absolute atomic E-state index is 10.2. The van der Waals surface area contributed by atoms with E-state index in [4.69, 9.17) is 10.2 Å². The van der Waals surface area contributed by atoms with Crippen molar-refractivity contribution in [1.82, 2.24) is 0 Å². The minimum absolute atomic E-state index is 0.167. The van der Waals surface area contributed by atoms with Crippen molar-refractivity contribution in [2.75, 3.05) is 0 Å². The predicted molar refractivity (Wildman–Crippen MR) is 70.0 cm³/mol. The first-order chi connectivity index (χ1) is 8.13. The minimum Gasteiger partial charge on any atom is -0.481 e. The molecule has 0 amide bonds. The summed E-state index contributed by atoms with van der Waals surface area (Å²) in [7, 11) is 0. The Labute approximate surface area is 105 Å². The van der Waals surface area contributed by atoms with Gasteiger partial charge in [-0.15, -0.1) is 0 Å². The van der Waals surface area contributed by atoms with E-state index in [1.54, 1.807) is 0 Å². The topological polar surface area (TPSA) is 57.5 Å². The number of carboxylic acids is 1. The molecule has 3 nitrogen and oxygen atoms in total. The van der Waals surface area contributed by atoms with Crippen LogP contribution in [0.5, 0.6) is 0 Å². The lowest BCUT2D eigenvalue weighted by Crippen LogP contribution is -1.97. The van der Waals surface area contributed by atoms with E-state index in [1.807, 2.05) is 6.92 Å². The summed E-state index contributed by atoms with van der Waals surface area (Å²) in [5.74, 6) is -0.702. The van der Waals surface area contributed by atoms with Gasteiger partial charge in [0.05, 0.1) is 6.10 Å². The molecule has 0 saturated carbocycles. The van der Waals surface area contributed by atoms with Crippen LogP contribution in [0.25, 0.3) is 0 Å². The second kappa shape index (κ2) is 11.6. The molecular weight excluding hydrogens is 216 g/mol. The van der Waals surface area contributed by atoms with Gasteiger partial charge >= 0.3 is 5.97 Å². The summed E-state index contributed by atoms with van der Waals surface area (Å²) in [6.07, 6.45) is 12.6. The summed E-state index contributed by atoms with van der Waals surface area (Å²) in [4.78, 5) is 10.2. The summed E-state index contributed by atoms with van der Waals surface area (Å²) < 4.78 is 0. The maximum Gasteiger partial charge on any atom is 0.303 e. The number of carbonyl (C=O) groups is 1. The second-order valence-corrected chi connectivity index (χ2v) is 4.60. The molecule has 2 N–H and O–H groups in total. The van der Waals surface area contributed by atoms with Crippen LogP contribution < -0.4 is 0 Å². The highest BCUT2D eigenvalue weighted by atomic mass is 16.4. The molecule has 0 aliphatic rings. The van der Waals surface area contributed by atoms with Crippen molar-refractivity contribution in [1.29, 1.82) is 0 Å². The molecule has 0 aromatic carbocycles. The number of aliphatic hydroxyl groups excluding tert-OH is 1. The highest BCUT2D eigenvalue weighted by molar-refractivity contribution is 5.66. The van der Waals surface area contributed by atoms with Gasteiger partial charge in [-0.1, -0.05) is 25.0 Å². The summed E-state index contributed by atoms with van der Waals surface area (Å²) in [6.45, 7) is 1.83. The van der Waals surface area contributed by atoms with Crippen molar-refractivity contribution in [3.63, 3.8) is 0 Å². The van der Waals surface area contributed by atoms with Crippen molar-refractivity contribution >= 4 is 5.97 Å². The van der Waals surface area contributed by atoms with Gasteiger partial charge in [0.2, 0.25) is 0 Å². The predicted octanol–water partition coefficient (Wildman–Crippen LogP) is 3.52. The third kappa shape index (κ3) is 15.2. The fourth-order valence-corrected chi connectivity index (χ4v) is 1.65. The van der Waals surface area contributed by atoms with Crippen molar-refractivity contribution in [2.24, 2.45) is 0 Å². The molecule has 0 saturated heterocycles. The van der Waals surface area contributed by atoms with E-state index in [0.29, 0.717) is 0 Å². The van der Waals surface area contributed by atoms with Gasteiger partial charge in [-0.2, -0.15) is 0 Å². The van der Waals surface area contributed by atoms with Crippen LogP contribution in [0.15, 0.2) is 12.2 Å². The molecule has 0 aliphatic carbocycles. The van der Waals surface area contributed by atoms with E-state index in [2.05, 4.69) is 12.2 Å². The van der Waals surface area contributed by atoms with E-state index in [9.17, 15) is 4.79 Å². The molecule has 1 unspecified atom stereocenters. The minimum atomic E-state index is -0.702. The molecule has 0 aliphatic heterocycles. The van der Waals surface area contributed by atoms with Gasteiger partial charge in [0.1, 0.15) is 0 Å². The first-order valence-corrected chi connectivity index (χ1v) is 6.67.